The van der Waals surface area contributed by atoms with Gasteiger partial charge in [-0.3, -0.25) is 0 Å². The molecule has 122 valence electrons. The number of nitrogens with one attached hydrogen (secondary N) is 1. The van der Waals surface area contributed by atoms with E-state index in [1.54, 1.807) is 18.7 Å². The molecule has 5 heteroatoms. The number of urea groups is 1. The Morgan fingerprint density at radius 2 is 2.10 bits per heavy atom. The van der Waals surface area contributed by atoms with E-state index in [2.05, 4.69) is 5.32 Å². The van der Waals surface area contributed by atoms with Crippen molar-refractivity contribution < 1.29 is 14.6 Å². The fraction of sp³-hybridized carbons (Fsp3) is 0.938. The molecular weight excluding hydrogens is 268 g/mol. The molecule has 2 unspecified atom stereocenters. The molecule has 2 aliphatic carbocycles. The molecule has 2 amide bonds. The number of ether oxygens (including phenoxy) is 1. The largest absolute Gasteiger partial charge is 0.389 e. The number of rotatable bonds is 6. The third-order valence-corrected chi connectivity index (χ3v) is 4.98. The van der Waals surface area contributed by atoms with Gasteiger partial charge in [0.1, 0.15) is 0 Å². The summed E-state index contributed by atoms with van der Waals surface area (Å²) < 4.78 is 5.81. The van der Waals surface area contributed by atoms with E-state index in [1.165, 1.54) is 6.42 Å². The first kappa shape index (κ1) is 16.6. The highest BCUT2D eigenvalue weighted by Crippen LogP contribution is 2.57. The molecule has 2 atom stereocenters. The highest BCUT2D eigenvalue weighted by atomic mass is 16.5. The molecule has 2 N–H and O–H groups in total. The third kappa shape index (κ3) is 3.34. The van der Waals surface area contributed by atoms with Crippen molar-refractivity contribution in [3.8, 4) is 0 Å². The lowest BCUT2D eigenvalue weighted by molar-refractivity contribution is -0.170. The van der Waals surface area contributed by atoms with Crippen molar-refractivity contribution in [2.24, 2.45) is 5.41 Å². The molecule has 2 fully saturated rings. The zero-order valence-electron chi connectivity index (χ0n) is 13.8. The number of hydrogen-bond donors (Lipinski definition) is 2. The van der Waals surface area contributed by atoms with Crippen LogP contribution in [0.15, 0.2) is 0 Å². The van der Waals surface area contributed by atoms with E-state index in [0.29, 0.717) is 19.2 Å². The lowest BCUT2D eigenvalue weighted by atomic mass is 9.51. The maximum absolute atomic E-state index is 12.4. The van der Waals surface area contributed by atoms with E-state index in [9.17, 15) is 9.90 Å². The van der Waals surface area contributed by atoms with Gasteiger partial charge in [-0.2, -0.15) is 0 Å². The minimum atomic E-state index is -0.866. The molecule has 2 saturated carbocycles. The van der Waals surface area contributed by atoms with Crippen LogP contribution in [-0.4, -0.2) is 53.5 Å². The van der Waals surface area contributed by atoms with Gasteiger partial charge in [0.25, 0.3) is 0 Å². The lowest BCUT2D eigenvalue weighted by Crippen LogP contribution is -2.68. The van der Waals surface area contributed by atoms with E-state index in [0.717, 1.165) is 25.9 Å². The predicted molar refractivity (Wildman–Crippen MR) is 82.2 cm³/mol. The second kappa shape index (κ2) is 6.13. The molecule has 0 aromatic carbocycles. The molecule has 0 saturated heterocycles. The average molecular weight is 298 g/mol. The van der Waals surface area contributed by atoms with Gasteiger partial charge in [0, 0.05) is 24.6 Å². The summed E-state index contributed by atoms with van der Waals surface area (Å²) in [6.07, 6.45) is 4.77. The molecule has 1 spiro atoms. The summed E-state index contributed by atoms with van der Waals surface area (Å²) in [5.41, 5.74) is -0.686. The van der Waals surface area contributed by atoms with Crippen LogP contribution in [-0.2, 0) is 4.74 Å². The molecular formula is C16H30N2O3. The van der Waals surface area contributed by atoms with Crippen LogP contribution in [0, 0.1) is 5.41 Å². The van der Waals surface area contributed by atoms with Crippen LogP contribution >= 0.6 is 0 Å². The van der Waals surface area contributed by atoms with Gasteiger partial charge < -0.3 is 20.1 Å². The smallest absolute Gasteiger partial charge is 0.317 e. The molecule has 2 aliphatic rings. The molecule has 0 aromatic rings. The fourth-order valence-corrected chi connectivity index (χ4v) is 3.68. The molecule has 0 radical (unpaired) electrons. The van der Waals surface area contributed by atoms with Crippen LogP contribution in [0.5, 0.6) is 0 Å². The van der Waals surface area contributed by atoms with E-state index >= 15 is 0 Å². The summed E-state index contributed by atoms with van der Waals surface area (Å²) in [6, 6.07) is 0.164. The first-order valence-electron chi connectivity index (χ1n) is 8.22. The maximum Gasteiger partial charge on any atom is 0.317 e. The van der Waals surface area contributed by atoms with Crippen molar-refractivity contribution in [2.45, 2.75) is 71.1 Å². The maximum atomic E-state index is 12.4. The van der Waals surface area contributed by atoms with Crippen LogP contribution in [0.3, 0.4) is 0 Å². The SMILES string of the molecule is CCOC1CC(NC(=O)N(CC)CC(C)(C)O)C12CCC2. The van der Waals surface area contributed by atoms with Crippen LogP contribution in [0.2, 0.25) is 0 Å². The Balaban J connectivity index is 1.91. The van der Waals surface area contributed by atoms with Gasteiger partial charge in [0.05, 0.1) is 18.2 Å². The summed E-state index contributed by atoms with van der Waals surface area (Å²) in [4.78, 5) is 14.1. The topological polar surface area (TPSA) is 61.8 Å². The number of hydrogen-bond acceptors (Lipinski definition) is 3. The Labute approximate surface area is 128 Å². The second-order valence-corrected chi connectivity index (χ2v) is 7.10. The van der Waals surface area contributed by atoms with Crippen molar-refractivity contribution in [2.75, 3.05) is 19.7 Å². The Morgan fingerprint density at radius 1 is 1.43 bits per heavy atom. The quantitative estimate of drug-likeness (QED) is 0.790. The molecule has 0 bridgehead atoms. The lowest BCUT2D eigenvalue weighted by Gasteiger charge is -2.61. The number of amides is 2. The van der Waals surface area contributed by atoms with Crippen molar-refractivity contribution in [3.05, 3.63) is 0 Å². The van der Waals surface area contributed by atoms with Crippen LogP contribution in [0.25, 0.3) is 0 Å². The van der Waals surface area contributed by atoms with Gasteiger partial charge in [-0.25, -0.2) is 4.79 Å². The highest BCUT2D eigenvalue weighted by Gasteiger charge is 2.59. The highest BCUT2D eigenvalue weighted by molar-refractivity contribution is 5.75. The summed E-state index contributed by atoms with van der Waals surface area (Å²) in [7, 11) is 0. The Hall–Kier alpha value is -0.810. The number of aliphatic hydroxyl groups is 1. The zero-order chi connectivity index (χ0) is 15.7. The number of carbonyl (C=O) groups is 1. The van der Waals surface area contributed by atoms with E-state index in [1.807, 2.05) is 13.8 Å². The minimum Gasteiger partial charge on any atom is -0.389 e. The van der Waals surface area contributed by atoms with E-state index < -0.39 is 5.60 Å². The molecule has 0 heterocycles. The summed E-state index contributed by atoms with van der Waals surface area (Å²) in [5.74, 6) is 0. The predicted octanol–water partition coefficient (Wildman–Crippen LogP) is 2.14. The van der Waals surface area contributed by atoms with Crippen molar-refractivity contribution in [3.63, 3.8) is 0 Å². The molecule has 21 heavy (non-hydrogen) atoms. The van der Waals surface area contributed by atoms with Crippen LogP contribution < -0.4 is 5.32 Å². The first-order valence-corrected chi connectivity index (χ1v) is 8.22. The Bertz CT molecular complexity index is 374. The number of nitrogens with zero attached hydrogens (tertiary/aromatic N) is 1. The van der Waals surface area contributed by atoms with Crippen molar-refractivity contribution in [1.82, 2.24) is 10.2 Å². The zero-order valence-corrected chi connectivity index (χ0v) is 13.8. The second-order valence-electron chi connectivity index (χ2n) is 7.10. The van der Waals surface area contributed by atoms with Gasteiger partial charge in [0.15, 0.2) is 0 Å². The fourth-order valence-electron chi connectivity index (χ4n) is 3.68. The molecule has 2 rings (SSSR count). The van der Waals surface area contributed by atoms with Gasteiger partial charge >= 0.3 is 6.03 Å². The normalized spacial score (nSPS) is 26.9. The summed E-state index contributed by atoms with van der Waals surface area (Å²) in [6.45, 7) is 9.12. The average Bonchev–Trinajstić information content (AvgIpc) is 2.31. The van der Waals surface area contributed by atoms with Crippen molar-refractivity contribution in [1.29, 1.82) is 0 Å². The third-order valence-electron chi connectivity index (χ3n) is 4.98. The van der Waals surface area contributed by atoms with E-state index in [4.69, 9.17) is 4.74 Å². The minimum absolute atomic E-state index is 0.0640. The number of carbonyl (C=O) groups excluding carboxylic acids is 1. The Morgan fingerprint density at radius 3 is 2.52 bits per heavy atom. The molecule has 0 aliphatic heterocycles. The van der Waals surface area contributed by atoms with Crippen LogP contribution in [0.1, 0.15) is 53.4 Å². The molecule has 5 nitrogen and oxygen atoms in total. The van der Waals surface area contributed by atoms with Crippen LogP contribution in [0.4, 0.5) is 4.79 Å². The molecule has 0 aromatic heterocycles. The summed E-state index contributed by atoms with van der Waals surface area (Å²) in [5, 5.41) is 13.1. The number of likely N-dealkylation sites (N-methyl/N-ethyl adjacent to an activating group) is 1. The first-order chi connectivity index (χ1) is 9.82. The van der Waals surface area contributed by atoms with Gasteiger partial charge in [-0.1, -0.05) is 6.42 Å². The standard InChI is InChI=1S/C16H30N2O3/c1-5-18(11-15(3,4)20)14(19)17-12-10-13(21-6-2)16(12)8-7-9-16/h12-13,20H,5-11H2,1-4H3,(H,17,19). The Kier molecular flexibility index (Phi) is 4.83. The monoisotopic (exact) mass is 298 g/mol. The van der Waals surface area contributed by atoms with Gasteiger partial charge in [-0.15, -0.1) is 0 Å². The van der Waals surface area contributed by atoms with E-state index in [-0.39, 0.29) is 17.5 Å². The summed E-state index contributed by atoms with van der Waals surface area (Å²) >= 11 is 0. The van der Waals surface area contributed by atoms with Gasteiger partial charge in [-0.05, 0) is 47.0 Å². The van der Waals surface area contributed by atoms with Crippen molar-refractivity contribution >= 4 is 6.03 Å². The van der Waals surface area contributed by atoms with Gasteiger partial charge in [0.2, 0.25) is 0 Å².